The van der Waals surface area contributed by atoms with Crippen molar-refractivity contribution in [2.45, 2.75) is 20.0 Å². The van der Waals surface area contributed by atoms with Gasteiger partial charge in [0, 0.05) is 4.47 Å². The molecule has 19 heavy (non-hydrogen) atoms. The topological polar surface area (TPSA) is 35.2 Å². The van der Waals surface area contributed by atoms with E-state index in [-0.39, 0.29) is 0 Å². The average Bonchev–Trinajstić information content (AvgIpc) is 2.40. The Balaban J connectivity index is 1.98. The van der Waals surface area contributed by atoms with Crippen molar-refractivity contribution in [3.05, 3.63) is 63.6 Å². The average molecular weight is 320 g/mol. The number of halogens is 1. The molecule has 100 valence electrons. The summed E-state index contributed by atoms with van der Waals surface area (Å²) in [7, 11) is 0. The van der Waals surface area contributed by atoms with Crippen LogP contribution in [0.15, 0.2) is 46.9 Å². The fraction of sp³-hybridized carbons (Fsp3) is 0.250. The van der Waals surface area contributed by atoms with Crippen LogP contribution in [0, 0.1) is 6.92 Å². The fourth-order valence-corrected chi connectivity index (χ4v) is 2.38. The van der Waals surface area contributed by atoms with Crippen LogP contribution in [0.2, 0.25) is 0 Å². The van der Waals surface area contributed by atoms with Crippen LogP contribution in [0.25, 0.3) is 0 Å². The lowest BCUT2D eigenvalue weighted by molar-refractivity contribution is 0.304. The second kappa shape index (κ2) is 6.73. The molecule has 2 aromatic rings. The van der Waals surface area contributed by atoms with Crippen LogP contribution in [0.5, 0.6) is 5.75 Å². The van der Waals surface area contributed by atoms with E-state index in [1.54, 1.807) is 0 Å². The molecule has 2 nitrogen and oxygen atoms in total. The Kier molecular flexibility index (Phi) is 5.00. The highest BCUT2D eigenvalue weighted by molar-refractivity contribution is 9.10. The summed E-state index contributed by atoms with van der Waals surface area (Å²) < 4.78 is 6.90. The van der Waals surface area contributed by atoms with Gasteiger partial charge in [0.25, 0.3) is 0 Å². The maximum atomic E-state index is 5.83. The van der Waals surface area contributed by atoms with Crippen molar-refractivity contribution in [3.8, 4) is 5.75 Å². The molecule has 3 heteroatoms. The molecule has 0 unspecified atom stereocenters. The standard InChI is InChI=1S/C16H18BrNO/c1-12-10-15(17)6-7-16(12)19-11-14-4-2-13(3-5-14)8-9-18/h2-7,10H,8-9,11,18H2,1H3. The van der Waals surface area contributed by atoms with Gasteiger partial charge in [-0.05, 0) is 54.8 Å². The molecular formula is C16H18BrNO. The van der Waals surface area contributed by atoms with Gasteiger partial charge < -0.3 is 10.5 Å². The van der Waals surface area contributed by atoms with Gasteiger partial charge in [-0.1, -0.05) is 40.2 Å². The molecule has 0 spiro atoms. The summed E-state index contributed by atoms with van der Waals surface area (Å²) in [4.78, 5) is 0. The summed E-state index contributed by atoms with van der Waals surface area (Å²) in [6, 6.07) is 14.5. The molecule has 0 radical (unpaired) electrons. The van der Waals surface area contributed by atoms with E-state index in [1.807, 2.05) is 19.1 Å². The largest absolute Gasteiger partial charge is 0.489 e. The molecule has 0 bridgehead atoms. The zero-order valence-corrected chi connectivity index (χ0v) is 12.6. The van der Waals surface area contributed by atoms with Crippen molar-refractivity contribution in [1.29, 1.82) is 0 Å². The highest BCUT2D eigenvalue weighted by Gasteiger charge is 2.01. The van der Waals surface area contributed by atoms with Gasteiger partial charge in [-0.3, -0.25) is 0 Å². The number of ether oxygens (including phenoxy) is 1. The van der Waals surface area contributed by atoms with Crippen LogP contribution in [0.3, 0.4) is 0 Å². The van der Waals surface area contributed by atoms with Gasteiger partial charge in [-0.2, -0.15) is 0 Å². The number of hydrogen-bond acceptors (Lipinski definition) is 2. The van der Waals surface area contributed by atoms with Gasteiger partial charge >= 0.3 is 0 Å². The Morgan fingerprint density at radius 2 is 1.74 bits per heavy atom. The molecule has 0 saturated carbocycles. The Morgan fingerprint density at radius 3 is 2.37 bits per heavy atom. The van der Waals surface area contributed by atoms with E-state index in [2.05, 4.69) is 46.3 Å². The maximum Gasteiger partial charge on any atom is 0.122 e. The third-order valence-electron chi connectivity index (χ3n) is 2.99. The van der Waals surface area contributed by atoms with Gasteiger partial charge in [-0.15, -0.1) is 0 Å². The van der Waals surface area contributed by atoms with E-state index < -0.39 is 0 Å². The molecular weight excluding hydrogens is 302 g/mol. The van der Waals surface area contributed by atoms with Crippen molar-refractivity contribution < 1.29 is 4.74 Å². The van der Waals surface area contributed by atoms with Crippen LogP contribution >= 0.6 is 15.9 Å². The number of nitrogens with two attached hydrogens (primary N) is 1. The molecule has 0 saturated heterocycles. The fourth-order valence-electron chi connectivity index (χ4n) is 1.90. The van der Waals surface area contributed by atoms with E-state index in [9.17, 15) is 0 Å². The second-order valence-electron chi connectivity index (χ2n) is 4.55. The number of hydrogen-bond donors (Lipinski definition) is 1. The number of aryl methyl sites for hydroxylation is 1. The Hall–Kier alpha value is -1.32. The molecule has 0 aliphatic heterocycles. The quantitative estimate of drug-likeness (QED) is 0.908. The molecule has 0 aromatic heterocycles. The lowest BCUT2D eigenvalue weighted by Gasteiger charge is -2.10. The molecule has 0 aliphatic carbocycles. The minimum Gasteiger partial charge on any atom is -0.489 e. The van der Waals surface area contributed by atoms with Gasteiger partial charge in [0.1, 0.15) is 12.4 Å². The third-order valence-corrected chi connectivity index (χ3v) is 3.48. The predicted octanol–water partition coefficient (Wildman–Crippen LogP) is 3.84. The van der Waals surface area contributed by atoms with Gasteiger partial charge in [0.05, 0.1) is 0 Å². The zero-order chi connectivity index (χ0) is 13.7. The lowest BCUT2D eigenvalue weighted by atomic mass is 10.1. The Labute approximate surface area is 122 Å². The summed E-state index contributed by atoms with van der Waals surface area (Å²) in [5.74, 6) is 0.925. The first-order chi connectivity index (χ1) is 9.19. The molecule has 2 N–H and O–H groups in total. The van der Waals surface area contributed by atoms with Gasteiger partial charge in [-0.25, -0.2) is 0 Å². The van der Waals surface area contributed by atoms with E-state index >= 15 is 0 Å². The smallest absolute Gasteiger partial charge is 0.122 e. The van der Waals surface area contributed by atoms with Gasteiger partial charge in [0.15, 0.2) is 0 Å². The molecule has 0 aliphatic rings. The SMILES string of the molecule is Cc1cc(Br)ccc1OCc1ccc(CCN)cc1. The Bertz CT molecular complexity index is 537. The molecule has 2 rings (SSSR count). The highest BCUT2D eigenvalue weighted by atomic mass is 79.9. The maximum absolute atomic E-state index is 5.83. The third kappa shape index (κ3) is 4.08. The normalized spacial score (nSPS) is 10.5. The first-order valence-electron chi connectivity index (χ1n) is 6.36. The molecule has 2 aromatic carbocycles. The molecule has 0 atom stereocenters. The first-order valence-corrected chi connectivity index (χ1v) is 7.15. The highest BCUT2D eigenvalue weighted by Crippen LogP contribution is 2.23. The minimum absolute atomic E-state index is 0.589. The van der Waals surface area contributed by atoms with Crippen molar-refractivity contribution in [1.82, 2.24) is 0 Å². The first kappa shape index (κ1) is 14.1. The zero-order valence-electron chi connectivity index (χ0n) is 11.0. The van der Waals surface area contributed by atoms with Crippen molar-refractivity contribution in [2.75, 3.05) is 6.54 Å². The van der Waals surface area contributed by atoms with Crippen LogP contribution in [-0.2, 0) is 13.0 Å². The van der Waals surface area contributed by atoms with E-state index in [1.165, 1.54) is 11.1 Å². The summed E-state index contributed by atoms with van der Waals surface area (Å²) in [6.07, 6.45) is 0.924. The van der Waals surface area contributed by atoms with Crippen LogP contribution < -0.4 is 10.5 Å². The van der Waals surface area contributed by atoms with E-state index in [0.717, 1.165) is 22.2 Å². The van der Waals surface area contributed by atoms with Crippen LogP contribution in [-0.4, -0.2) is 6.54 Å². The van der Waals surface area contributed by atoms with E-state index in [0.29, 0.717) is 13.2 Å². The second-order valence-corrected chi connectivity index (χ2v) is 5.47. The summed E-state index contributed by atoms with van der Waals surface area (Å²) in [6.45, 7) is 3.32. The van der Waals surface area contributed by atoms with Crippen molar-refractivity contribution >= 4 is 15.9 Å². The number of benzene rings is 2. The minimum atomic E-state index is 0.589. The van der Waals surface area contributed by atoms with E-state index in [4.69, 9.17) is 10.5 Å². The predicted molar refractivity (Wildman–Crippen MR) is 82.4 cm³/mol. The van der Waals surface area contributed by atoms with Gasteiger partial charge in [0.2, 0.25) is 0 Å². The summed E-state index contributed by atoms with van der Waals surface area (Å²) in [5, 5.41) is 0. The molecule has 0 fully saturated rings. The monoisotopic (exact) mass is 319 g/mol. The van der Waals surface area contributed by atoms with Crippen molar-refractivity contribution in [3.63, 3.8) is 0 Å². The van der Waals surface area contributed by atoms with Crippen LogP contribution in [0.1, 0.15) is 16.7 Å². The molecule has 0 heterocycles. The molecule has 0 amide bonds. The Morgan fingerprint density at radius 1 is 1.05 bits per heavy atom. The lowest BCUT2D eigenvalue weighted by Crippen LogP contribution is -2.03. The van der Waals surface area contributed by atoms with Crippen molar-refractivity contribution in [2.24, 2.45) is 5.73 Å². The summed E-state index contributed by atoms with van der Waals surface area (Å²) >= 11 is 3.45. The number of rotatable bonds is 5. The van der Waals surface area contributed by atoms with Crippen LogP contribution in [0.4, 0.5) is 0 Å². The summed E-state index contributed by atoms with van der Waals surface area (Å²) in [5.41, 5.74) is 9.11.